The first kappa shape index (κ1) is 18.5. The van der Waals surface area contributed by atoms with Crippen LogP contribution in [0.25, 0.3) is 0 Å². The normalized spacial score (nSPS) is 10.2. The summed E-state index contributed by atoms with van der Waals surface area (Å²) in [6.07, 6.45) is 3.78. The Morgan fingerprint density at radius 3 is 2.30 bits per heavy atom. The summed E-state index contributed by atoms with van der Waals surface area (Å²) in [5.41, 5.74) is 5.45. The van der Waals surface area contributed by atoms with Crippen LogP contribution in [0.2, 0.25) is 0 Å². The van der Waals surface area contributed by atoms with Crippen LogP contribution in [-0.4, -0.2) is 19.8 Å². The zero-order chi connectivity index (χ0) is 15.0. The molecule has 0 aliphatic carbocycles. The van der Waals surface area contributed by atoms with Crippen LogP contribution in [-0.2, 0) is 0 Å². The lowest BCUT2D eigenvalue weighted by Crippen LogP contribution is -2.04. The van der Waals surface area contributed by atoms with E-state index in [0.717, 1.165) is 36.7 Å². The van der Waals surface area contributed by atoms with E-state index in [1.165, 1.54) is 0 Å². The van der Waals surface area contributed by atoms with Gasteiger partial charge in [0, 0.05) is 0 Å². The molecule has 0 fully saturated rings. The number of rotatable bonds is 8. The highest BCUT2D eigenvalue weighted by Gasteiger charge is 2.09. The van der Waals surface area contributed by atoms with Gasteiger partial charge in [0.15, 0.2) is 0 Å². The number of benzene rings is 1. The highest BCUT2D eigenvalue weighted by Crippen LogP contribution is 2.37. The van der Waals surface area contributed by atoms with Gasteiger partial charge in [-0.05, 0) is 101 Å². The monoisotopic (exact) mass is 533 g/mol. The van der Waals surface area contributed by atoms with Crippen molar-refractivity contribution in [3.63, 3.8) is 0 Å². The lowest BCUT2D eigenvalue weighted by atomic mass is 10.3. The third kappa shape index (κ3) is 6.93. The second-order valence-electron chi connectivity index (χ2n) is 3.87. The molecule has 0 aromatic heterocycles. The van der Waals surface area contributed by atoms with Crippen molar-refractivity contribution in [1.82, 2.24) is 0 Å². The number of ether oxygens (including phenoxy) is 2. The van der Waals surface area contributed by atoms with E-state index in [2.05, 4.69) is 63.7 Å². The molecular weight excluding hydrogens is 522 g/mol. The van der Waals surface area contributed by atoms with E-state index in [1.54, 1.807) is 0 Å². The number of hydrogen-bond acceptors (Lipinski definition) is 3. The minimum Gasteiger partial charge on any atom is -0.491 e. The van der Waals surface area contributed by atoms with Gasteiger partial charge in [-0.15, -0.1) is 0 Å². The smallest absolute Gasteiger partial charge is 0.147 e. The molecule has 1 aromatic carbocycles. The molecule has 0 amide bonds. The maximum atomic E-state index is 5.74. The summed E-state index contributed by atoms with van der Waals surface area (Å²) in [4.78, 5) is 0. The number of nitrogens with two attached hydrogens (primary N) is 1. The Labute approximate surface area is 152 Å². The van der Waals surface area contributed by atoms with Crippen LogP contribution in [0.15, 0.2) is 30.5 Å². The van der Waals surface area contributed by atoms with Crippen LogP contribution in [0.1, 0.15) is 12.8 Å². The summed E-state index contributed by atoms with van der Waals surface area (Å²) in [5.74, 6) is 1.54. The van der Waals surface area contributed by atoms with Crippen molar-refractivity contribution in [1.29, 1.82) is 0 Å². The zero-order valence-corrected chi connectivity index (χ0v) is 17.0. The van der Waals surface area contributed by atoms with Gasteiger partial charge in [0.25, 0.3) is 0 Å². The molecule has 1 aromatic rings. The van der Waals surface area contributed by atoms with Crippen LogP contribution >= 0.6 is 63.7 Å². The van der Waals surface area contributed by atoms with Gasteiger partial charge in [0.2, 0.25) is 0 Å². The van der Waals surface area contributed by atoms with Crippen molar-refractivity contribution in [2.45, 2.75) is 12.8 Å². The zero-order valence-electron chi connectivity index (χ0n) is 10.7. The fourth-order valence-electron chi connectivity index (χ4n) is 1.38. The summed E-state index contributed by atoms with van der Waals surface area (Å²) in [6.45, 7) is 1.81. The van der Waals surface area contributed by atoms with Gasteiger partial charge in [-0.25, -0.2) is 0 Å². The molecule has 20 heavy (non-hydrogen) atoms. The maximum absolute atomic E-state index is 5.74. The van der Waals surface area contributed by atoms with Crippen LogP contribution < -0.4 is 15.2 Å². The number of hydrogen-bond donors (Lipinski definition) is 1. The molecule has 0 unspecified atom stereocenters. The van der Waals surface area contributed by atoms with E-state index < -0.39 is 0 Å². The first-order valence-corrected chi connectivity index (χ1v) is 9.17. The van der Waals surface area contributed by atoms with Crippen LogP contribution in [0.5, 0.6) is 11.5 Å². The van der Waals surface area contributed by atoms with Gasteiger partial charge in [0.1, 0.15) is 18.1 Å². The fraction of sp³-hybridized carbons (Fsp3) is 0.385. The lowest BCUT2D eigenvalue weighted by Gasteiger charge is -2.12. The van der Waals surface area contributed by atoms with Gasteiger partial charge in [0.05, 0.1) is 18.9 Å². The topological polar surface area (TPSA) is 44.5 Å². The largest absolute Gasteiger partial charge is 0.491 e. The number of halogens is 4. The van der Waals surface area contributed by atoms with Gasteiger partial charge in [-0.3, -0.25) is 0 Å². The number of unbranched alkanes of at least 4 members (excludes halogenated alkanes) is 1. The van der Waals surface area contributed by atoms with Crippen molar-refractivity contribution < 1.29 is 9.47 Å². The molecule has 0 saturated carbocycles. The quantitative estimate of drug-likeness (QED) is 0.456. The summed E-state index contributed by atoms with van der Waals surface area (Å²) in [6, 6.07) is 3.78. The molecule has 0 aliphatic heterocycles. The average Bonchev–Trinajstić information content (AvgIpc) is 2.36. The van der Waals surface area contributed by atoms with Gasteiger partial charge >= 0.3 is 0 Å². The van der Waals surface area contributed by atoms with Gasteiger partial charge in [-0.2, -0.15) is 0 Å². The summed E-state index contributed by atoms with van der Waals surface area (Å²) in [5, 5.41) is 0. The summed E-state index contributed by atoms with van der Waals surface area (Å²) in [7, 11) is 0. The molecular formula is C13H15Br4NO2. The first-order valence-electron chi connectivity index (χ1n) is 6.00. The molecule has 0 radical (unpaired) electrons. The predicted molar refractivity (Wildman–Crippen MR) is 97.1 cm³/mol. The van der Waals surface area contributed by atoms with Gasteiger partial charge in [-0.1, -0.05) is 0 Å². The van der Waals surface area contributed by atoms with E-state index in [4.69, 9.17) is 15.2 Å². The van der Waals surface area contributed by atoms with Crippen molar-refractivity contribution >= 4 is 63.7 Å². The Bertz CT molecular complexity index is 439. The fourth-order valence-corrected chi connectivity index (χ4v) is 3.02. The van der Waals surface area contributed by atoms with Crippen LogP contribution in [0.3, 0.4) is 0 Å². The molecule has 0 heterocycles. The molecule has 1 rings (SSSR count). The second-order valence-corrected chi connectivity index (χ2v) is 8.35. The van der Waals surface area contributed by atoms with Crippen molar-refractivity contribution in [2.24, 2.45) is 5.73 Å². The molecule has 7 heteroatoms. The minimum atomic E-state index is 0.474. The van der Waals surface area contributed by atoms with Crippen LogP contribution in [0, 0.1) is 0 Å². The van der Waals surface area contributed by atoms with Crippen molar-refractivity contribution in [3.8, 4) is 11.5 Å². The summed E-state index contributed by atoms with van der Waals surface area (Å²) < 4.78 is 13.9. The second kappa shape index (κ2) is 10.2. The van der Waals surface area contributed by atoms with Crippen molar-refractivity contribution in [3.05, 3.63) is 30.5 Å². The Balaban J connectivity index is 2.63. The Kier molecular flexibility index (Phi) is 9.44. The minimum absolute atomic E-state index is 0.474. The Morgan fingerprint density at radius 1 is 1.10 bits per heavy atom. The third-order valence-electron chi connectivity index (χ3n) is 2.30. The van der Waals surface area contributed by atoms with Crippen molar-refractivity contribution in [2.75, 3.05) is 19.8 Å². The molecule has 112 valence electrons. The molecule has 2 N–H and O–H groups in total. The molecule has 0 aliphatic rings. The van der Waals surface area contributed by atoms with E-state index in [0.29, 0.717) is 19.8 Å². The molecule has 3 nitrogen and oxygen atoms in total. The third-order valence-corrected chi connectivity index (χ3v) is 4.13. The standard InChI is InChI=1S/C13H15Br4NO2/c14-10-7-9(19-6-3-12(16)17)8-11(15)13(10)20-5-2-1-4-18/h3,7-8H,1-2,4-6,18H2. The van der Waals surface area contributed by atoms with Crippen LogP contribution in [0.4, 0.5) is 0 Å². The molecule has 0 atom stereocenters. The summed E-state index contributed by atoms with van der Waals surface area (Å²) >= 11 is 13.5. The highest BCUT2D eigenvalue weighted by atomic mass is 79.9. The van der Waals surface area contributed by atoms with Gasteiger partial charge < -0.3 is 15.2 Å². The lowest BCUT2D eigenvalue weighted by molar-refractivity contribution is 0.302. The first-order chi connectivity index (χ1) is 9.54. The molecule has 0 spiro atoms. The van der Waals surface area contributed by atoms with E-state index in [1.807, 2.05) is 18.2 Å². The predicted octanol–water partition coefficient (Wildman–Crippen LogP) is 5.34. The molecule has 0 bridgehead atoms. The maximum Gasteiger partial charge on any atom is 0.147 e. The average molecular weight is 537 g/mol. The van der Waals surface area contributed by atoms with E-state index >= 15 is 0 Å². The Morgan fingerprint density at radius 2 is 1.75 bits per heavy atom. The van der Waals surface area contributed by atoms with E-state index in [9.17, 15) is 0 Å². The Hall–Kier alpha value is 0.440. The molecule has 0 saturated heterocycles. The highest BCUT2D eigenvalue weighted by molar-refractivity contribution is 9.28. The van der Waals surface area contributed by atoms with E-state index in [-0.39, 0.29) is 0 Å². The SMILES string of the molecule is NCCCCOc1c(Br)cc(OCC=C(Br)Br)cc1Br.